The lowest BCUT2D eigenvalue weighted by Crippen LogP contribution is -2.26. The lowest BCUT2D eigenvalue weighted by atomic mass is 10.1. The van der Waals surface area contributed by atoms with Crippen molar-refractivity contribution in [2.24, 2.45) is 5.92 Å². The Kier molecular flexibility index (Phi) is 9.12. The van der Waals surface area contributed by atoms with Gasteiger partial charge in [-0.05, 0) is 38.6 Å². The molecule has 0 aromatic carbocycles. The maximum absolute atomic E-state index is 5.73. The summed E-state index contributed by atoms with van der Waals surface area (Å²) in [5.74, 6) is 0.798. The number of ether oxygens (including phenoxy) is 1. The van der Waals surface area contributed by atoms with E-state index in [2.05, 4.69) is 39.9 Å². The van der Waals surface area contributed by atoms with Crippen molar-refractivity contribution in [2.75, 3.05) is 13.2 Å². The predicted octanol–water partition coefficient (Wildman–Crippen LogP) is 3.22. The lowest BCUT2D eigenvalue weighted by molar-refractivity contribution is 0.0562. The van der Waals surface area contributed by atoms with Crippen LogP contribution in [-0.4, -0.2) is 25.3 Å². The van der Waals surface area contributed by atoms with Gasteiger partial charge in [-0.3, -0.25) is 0 Å². The minimum atomic E-state index is 0.392. The topological polar surface area (TPSA) is 21.3 Å². The van der Waals surface area contributed by atoms with E-state index in [4.69, 9.17) is 4.74 Å². The molecule has 1 atom stereocenters. The summed E-state index contributed by atoms with van der Waals surface area (Å²) >= 11 is 0. The van der Waals surface area contributed by atoms with Crippen molar-refractivity contribution < 1.29 is 4.74 Å². The molecule has 2 nitrogen and oxygen atoms in total. The first-order chi connectivity index (χ1) is 7.02. The highest BCUT2D eigenvalue weighted by Gasteiger charge is 2.02. The van der Waals surface area contributed by atoms with Crippen LogP contribution in [0, 0.1) is 5.92 Å². The number of nitrogens with one attached hydrogen (secondary N) is 1. The summed E-state index contributed by atoms with van der Waals surface area (Å²) in [5.41, 5.74) is 0. The molecule has 0 aliphatic carbocycles. The Balaban J connectivity index is 3.22. The SMILES string of the molecule is CC(C)CCCOC(C)CCNC(C)C. The Hall–Kier alpha value is -0.0800. The van der Waals surface area contributed by atoms with Crippen LogP contribution in [0.1, 0.15) is 53.9 Å². The second kappa shape index (κ2) is 9.17. The summed E-state index contributed by atoms with van der Waals surface area (Å²) in [6.07, 6.45) is 3.97. The van der Waals surface area contributed by atoms with Crippen LogP contribution in [-0.2, 0) is 4.74 Å². The van der Waals surface area contributed by atoms with Gasteiger partial charge in [-0.2, -0.15) is 0 Å². The third-order valence-corrected chi connectivity index (χ3v) is 2.43. The fourth-order valence-corrected chi connectivity index (χ4v) is 1.43. The number of rotatable bonds is 9. The second-order valence-electron chi connectivity index (χ2n) is 5.11. The molecule has 0 radical (unpaired) electrons. The predicted molar refractivity (Wildman–Crippen MR) is 67.2 cm³/mol. The molecule has 1 unspecified atom stereocenters. The summed E-state index contributed by atoms with van der Waals surface area (Å²) in [6.45, 7) is 13.0. The normalized spacial score (nSPS) is 13.8. The monoisotopic (exact) mass is 215 g/mol. The Bertz CT molecular complexity index is 134. The Morgan fingerprint density at radius 2 is 1.67 bits per heavy atom. The first-order valence-corrected chi connectivity index (χ1v) is 6.37. The average molecular weight is 215 g/mol. The van der Waals surface area contributed by atoms with Crippen LogP contribution in [0.4, 0.5) is 0 Å². The van der Waals surface area contributed by atoms with Crippen molar-refractivity contribution in [3.63, 3.8) is 0 Å². The van der Waals surface area contributed by atoms with Crippen molar-refractivity contribution in [1.82, 2.24) is 5.32 Å². The van der Waals surface area contributed by atoms with Crippen molar-refractivity contribution in [1.29, 1.82) is 0 Å². The van der Waals surface area contributed by atoms with E-state index in [-0.39, 0.29) is 0 Å². The highest BCUT2D eigenvalue weighted by molar-refractivity contribution is 4.57. The first-order valence-electron chi connectivity index (χ1n) is 6.37. The van der Waals surface area contributed by atoms with Crippen LogP contribution in [0.3, 0.4) is 0 Å². The highest BCUT2D eigenvalue weighted by atomic mass is 16.5. The van der Waals surface area contributed by atoms with Gasteiger partial charge in [0.2, 0.25) is 0 Å². The maximum Gasteiger partial charge on any atom is 0.0559 e. The highest BCUT2D eigenvalue weighted by Crippen LogP contribution is 2.05. The minimum absolute atomic E-state index is 0.392. The molecule has 15 heavy (non-hydrogen) atoms. The van der Waals surface area contributed by atoms with Crippen molar-refractivity contribution in [3.8, 4) is 0 Å². The summed E-state index contributed by atoms with van der Waals surface area (Å²) in [5, 5.41) is 3.41. The zero-order valence-electron chi connectivity index (χ0n) is 11.2. The Morgan fingerprint density at radius 3 is 2.20 bits per heavy atom. The van der Waals surface area contributed by atoms with Crippen LogP contribution < -0.4 is 5.32 Å². The molecular formula is C13H29NO. The molecule has 0 heterocycles. The van der Waals surface area contributed by atoms with E-state index in [1.54, 1.807) is 0 Å². The first kappa shape index (κ1) is 14.9. The van der Waals surface area contributed by atoms with Crippen LogP contribution in [0.2, 0.25) is 0 Å². The van der Waals surface area contributed by atoms with Crippen LogP contribution in [0.25, 0.3) is 0 Å². The van der Waals surface area contributed by atoms with Crippen molar-refractivity contribution in [3.05, 3.63) is 0 Å². The molecule has 0 aromatic rings. The van der Waals surface area contributed by atoms with Gasteiger partial charge < -0.3 is 10.1 Å². The lowest BCUT2D eigenvalue weighted by Gasteiger charge is -2.15. The molecule has 0 spiro atoms. The van der Waals surface area contributed by atoms with E-state index in [1.165, 1.54) is 12.8 Å². The van der Waals surface area contributed by atoms with E-state index in [9.17, 15) is 0 Å². The quantitative estimate of drug-likeness (QED) is 0.596. The maximum atomic E-state index is 5.73. The molecule has 0 rings (SSSR count). The number of hydrogen-bond acceptors (Lipinski definition) is 2. The van der Waals surface area contributed by atoms with E-state index < -0.39 is 0 Å². The van der Waals surface area contributed by atoms with Gasteiger partial charge in [0.15, 0.2) is 0 Å². The fraction of sp³-hybridized carbons (Fsp3) is 1.00. The van der Waals surface area contributed by atoms with Crippen molar-refractivity contribution >= 4 is 0 Å². The van der Waals surface area contributed by atoms with Gasteiger partial charge in [-0.1, -0.05) is 27.7 Å². The smallest absolute Gasteiger partial charge is 0.0559 e. The molecule has 92 valence electrons. The van der Waals surface area contributed by atoms with Crippen LogP contribution in [0.5, 0.6) is 0 Å². The van der Waals surface area contributed by atoms with E-state index in [1.807, 2.05) is 0 Å². The molecule has 0 bridgehead atoms. The van der Waals surface area contributed by atoms with Gasteiger partial charge in [-0.25, -0.2) is 0 Å². The van der Waals surface area contributed by atoms with E-state index in [0.29, 0.717) is 12.1 Å². The Labute approximate surface area is 95.8 Å². The average Bonchev–Trinajstić information content (AvgIpc) is 2.11. The molecule has 0 aromatic heterocycles. The molecule has 0 amide bonds. The Morgan fingerprint density at radius 1 is 1.00 bits per heavy atom. The van der Waals surface area contributed by atoms with Gasteiger partial charge in [0.25, 0.3) is 0 Å². The fourth-order valence-electron chi connectivity index (χ4n) is 1.43. The van der Waals surface area contributed by atoms with Gasteiger partial charge in [0.05, 0.1) is 6.10 Å². The van der Waals surface area contributed by atoms with E-state index in [0.717, 1.165) is 25.5 Å². The molecule has 1 N–H and O–H groups in total. The molecule has 2 heteroatoms. The zero-order valence-corrected chi connectivity index (χ0v) is 11.2. The summed E-state index contributed by atoms with van der Waals surface area (Å²) < 4.78 is 5.73. The van der Waals surface area contributed by atoms with Gasteiger partial charge in [-0.15, -0.1) is 0 Å². The largest absolute Gasteiger partial charge is 0.378 e. The van der Waals surface area contributed by atoms with Gasteiger partial charge >= 0.3 is 0 Å². The molecule has 0 saturated carbocycles. The third-order valence-electron chi connectivity index (χ3n) is 2.43. The molecule has 0 fully saturated rings. The zero-order chi connectivity index (χ0) is 11.7. The van der Waals surface area contributed by atoms with Gasteiger partial charge in [0, 0.05) is 12.6 Å². The van der Waals surface area contributed by atoms with Crippen LogP contribution in [0.15, 0.2) is 0 Å². The summed E-state index contributed by atoms with van der Waals surface area (Å²) in [4.78, 5) is 0. The minimum Gasteiger partial charge on any atom is -0.378 e. The molecule has 0 aliphatic rings. The second-order valence-corrected chi connectivity index (χ2v) is 5.11. The van der Waals surface area contributed by atoms with Gasteiger partial charge in [0.1, 0.15) is 0 Å². The number of hydrogen-bond donors (Lipinski definition) is 1. The van der Waals surface area contributed by atoms with E-state index >= 15 is 0 Å². The standard InChI is InChI=1S/C13H29NO/c1-11(2)7-6-10-15-13(5)8-9-14-12(3)4/h11-14H,6-10H2,1-5H3. The molecule has 0 saturated heterocycles. The summed E-state index contributed by atoms with van der Waals surface area (Å²) in [7, 11) is 0. The molecular weight excluding hydrogens is 186 g/mol. The van der Waals surface area contributed by atoms with Crippen molar-refractivity contribution in [2.45, 2.75) is 66.0 Å². The van der Waals surface area contributed by atoms with Crippen LogP contribution >= 0.6 is 0 Å². The third kappa shape index (κ3) is 11.8. The summed E-state index contributed by atoms with van der Waals surface area (Å²) in [6, 6.07) is 0.582. The molecule has 0 aliphatic heterocycles.